The Kier molecular flexibility index (Phi) is 6.34. The fraction of sp³-hybridized carbons (Fsp3) is 0.350. The van der Waals surface area contributed by atoms with Crippen molar-refractivity contribution in [2.75, 3.05) is 29.1 Å². The SMILES string of the molecule is CC(C)CCNC(=O)c1ccc(NC(=O)N2CCSc3ncccc32)cc1. The molecule has 1 aromatic carbocycles. The van der Waals surface area contributed by atoms with E-state index in [4.69, 9.17) is 0 Å². The predicted molar refractivity (Wildman–Crippen MR) is 110 cm³/mol. The number of rotatable bonds is 5. The van der Waals surface area contributed by atoms with E-state index in [1.54, 1.807) is 47.1 Å². The topological polar surface area (TPSA) is 74.3 Å². The molecule has 0 fully saturated rings. The third-order valence-corrected chi connectivity index (χ3v) is 5.22. The lowest BCUT2D eigenvalue weighted by Gasteiger charge is -2.28. The van der Waals surface area contributed by atoms with Gasteiger partial charge in [-0.15, -0.1) is 11.8 Å². The molecule has 0 saturated heterocycles. The minimum atomic E-state index is -0.196. The van der Waals surface area contributed by atoms with Crippen molar-refractivity contribution < 1.29 is 9.59 Å². The third kappa shape index (κ3) is 5.01. The van der Waals surface area contributed by atoms with Gasteiger partial charge in [0.05, 0.1) is 5.69 Å². The van der Waals surface area contributed by atoms with Crippen LogP contribution in [0.1, 0.15) is 30.6 Å². The van der Waals surface area contributed by atoms with Crippen molar-refractivity contribution in [3.8, 4) is 0 Å². The molecule has 3 amide bonds. The zero-order chi connectivity index (χ0) is 19.2. The van der Waals surface area contributed by atoms with E-state index in [0.29, 0.717) is 30.3 Å². The van der Waals surface area contributed by atoms with Crippen LogP contribution in [0.3, 0.4) is 0 Å². The van der Waals surface area contributed by atoms with Crippen LogP contribution in [-0.2, 0) is 0 Å². The van der Waals surface area contributed by atoms with Gasteiger partial charge in [-0.25, -0.2) is 9.78 Å². The fourth-order valence-electron chi connectivity index (χ4n) is 2.74. The van der Waals surface area contributed by atoms with Crippen molar-refractivity contribution in [3.63, 3.8) is 0 Å². The first-order valence-electron chi connectivity index (χ1n) is 9.09. The highest BCUT2D eigenvalue weighted by Gasteiger charge is 2.23. The van der Waals surface area contributed by atoms with Crippen molar-refractivity contribution in [2.45, 2.75) is 25.3 Å². The lowest BCUT2D eigenvalue weighted by atomic mass is 10.1. The second-order valence-corrected chi connectivity index (χ2v) is 7.86. The normalized spacial score (nSPS) is 13.2. The van der Waals surface area contributed by atoms with Gasteiger partial charge < -0.3 is 10.6 Å². The van der Waals surface area contributed by atoms with E-state index in [-0.39, 0.29) is 11.9 Å². The summed E-state index contributed by atoms with van der Waals surface area (Å²) < 4.78 is 0. The molecule has 0 atom stereocenters. The van der Waals surface area contributed by atoms with Crippen LogP contribution in [0.2, 0.25) is 0 Å². The largest absolute Gasteiger partial charge is 0.352 e. The molecule has 1 aliphatic rings. The molecule has 0 saturated carbocycles. The van der Waals surface area contributed by atoms with Gasteiger partial charge in [-0.2, -0.15) is 0 Å². The number of anilines is 2. The van der Waals surface area contributed by atoms with Gasteiger partial charge in [0.2, 0.25) is 0 Å². The zero-order valence-electron chi connectivity index (χ0n) is 15.6. The molecule has 2 aromatic rings. The predicted octanol–water partition coefficient (Wildman–Crippen LogP) is 4.00. The van der Waals surface area contributed by atoms with Crippen LogP contribution in [0.4, 0.5) is 16.2 Å². The third-order valence-electron chi connectivity index (χ3n) is 4.25. The molecule has 2 N–H and O–H groups in total. The highest BCUT2D eigenvalue weighted by atomic mass is 32.2. The van der Waals surface area contributed by atoms with Crippen LogP contribution in [-0.4, -0.2) is 35.8 Å². The van der Waals surface area contributed by atoms with Gasteiger partial charge in [-0.3, -0.25) is 9.69 Å². The summed E-state index contributed by atoms with van der Waals surface area (Å²) in [5.41, 5.74) is 2.07. The van der Waals surface area contributed by atoms with E-state index in [2.05, 4.69) is 29.5 Å². The smallest absolute Gasteiger partial charge is 0.326 e. The number of benzene rings is 1. The Morgan fingerprint density at radius 1 is 1.22 bits per heavy atom. The molecule has 0 spiro atoms. The van der Waals surface area contributed by atoms with Crippen LogP contribution in [0.25, 0.3) is 0 Å². The molecule has 6 nitrogen and oxygen atoms in total. The van der Waals surface area contributed by atoms with E-state index < -0.39 is 0 Å². The number of pyridine rings is 1. The van der Waals surface area contributed by atoms with E-state index >= 15 is 0 Å². The molecule has 7 heteroatoms. The highest BCUT2D eigenvalue weighted by molar-refractivity contribution is 7.99. The Bertz CT molecular complexity index is 808. The number of amides is 3. The number of aromatic nitrogens is 1. The van der Waals surface area contributed by atoms with Gasteiger partial charge in [-0.05, 0) is 48.7 Å². The van der Waals surface area contributed by atoms with Gasteiger partial charge >= 0.3 is 6.03 Å². The van der Waals surface area contributed by atoms with Gasteiger partial charge in [-0.1, -0.05) is 13.8 Å². The number of urea groups is 1. The van der Waals surface area contributed by atoms with Gasteiger partial charge in [0, 0.05) is 36.3 Å². The van der Waals surface area contributed by atoms with Crippen molar-refractivity contribution in [3.05, 3.63) is 48.2 Å². The molecule has 1 aromatic heterocycles. The molecule has 1 aliphatic heterocycles. The summed E-state index contributed by atoms with van der Waals surface area (Å²) in [7, 11) is 0. The summed E-state index contributed by atoms with van der Waals surface area (Å²) in [6, 6.07) is 10.5. The van der Waals surface area contributed by atoms with Crippen LogP contribution in [0.15, 0.2) is 47.6 Å². The number of fused-ring (bicyclic) bond motifs is 1. The molecule has 0 aliphatic carbocycles. The Morgan fingerprint density at radius 3 is 2.74 bits per heavy atom. The van der Waals surface area contributed by atoms with Crippen molar-refractivity contribution >= 4 is 35.1 Å². The standard InChI is InChI=1S/C20H24N4O2S/c1-14(2)9-11-21-18(25)15-5-7-16(8-6-15)23-20(26)24-12-13-27-19-17(24)4-3-10-22-19/h3-8,10,14H,9,11-13H2,1-2H3,(H,21,25)(H,23,26). The van der Waals surface area contributed by atoms with E-state index in [9.17, 15) is 9.59 Å². The molecule has 0 unspecified atom stereocenters. The van der Waals surface area contributed by atoms with Gasteiger partial charge in [0.15, 0.2) is 0 Å². The van der Waals surface area contributed by atoms with E-state index in [0.717, 1.165) is 22.9 Å². The first kappa shape index (κ1) is 19.2. The quantitative estimate of drug-likeness (QED) is 0.817. The summed E-state index contributed by atoms with van der Waals surface area (Å²) in [5, 5.41) is 6.67. The van der Waals surface area contributed by atoms with Gasteiger partial charge in [0.1, 0.15) is 5.03 Å². The Labute approximate surface area is 163 Å². The summed E-state index contributed by atoms with van der Waals surface area (Å²) in [6.45, 7) is 5.54. The van der Waals surface area contributed by atoms with Crippen LogP contribution in [0, 0.1) is 5.92 Å². The number of nitrogens with zero attached hydrogens (tertiary/aromatic N) is 2. The molecule has 142 valence electrons. The molecule has 27 heavy (non-hydrogen) atoms. The molecule has 0 bridgehead atoms. The number of thioether (sulfide) groups is 1. The molecule has 3 rings (SSSR count). The number of carbonyl (C=O) groups excluding carboxylic acids is 2. The first-order valence-corrected chi connectivity index (χ1v) is 10.1. The maximum atomic E-state index is 12.7. The van der Waals surface area contributed by atoms with Crippen molar-refractivity contribution in [2.24, 2.45) is 5.92 Å². The monoisotopic (exact) mass is 384 g/mol. The molecular formula is C20H24N4O2S. The lowest BCUT2D eigenvalue weighted by Crippen LogP contribution is -2.38. The second kappa shape index (κ2) is 8.90. The van der Waals surface area contributed by atoms with Crippen molar-refractivity contribution in [1.29, 1.82) is 0 Å². The Hall–Kier alpha value is -2.54. The summed E-state index contributed by atoms with van der Waals surface area (Å²) in [5.74, 6) is 1.27. The maximum Gasteiger partial charge on any atom is 0.326 e. The fourth-order valence-corrected chi connectivity index (χ4v) is 3.67. The Morgan fingerprint density at radius 2 is 2.00 bits per heavy atom. The van der Waals surface area contributed by atoms with Gasteiger partial charge in [0.25, 0.3) is 5.91 Å². The summed E-state index contributed by atoms with van der Waals surface area (Å²) in [4.78, 5) is 30.8. The number of carbonyl (C=O) groups is 2. The number of hydrogen-bond donors (Lipinski definition) is 2. The number of nitrogens with one attached hydrogen (secondary N) is 2. The second-order valence-electron chi connectivity index (χ2n) is 6.77. The summed E-state index contributed by atoms with van der Waals surface area (Å²) >= 11 is 1.65. The van der Waals surface area contributed by atoms with Crippen LogP contribution >= 0.6 is 11.8 Å². The zero-order valence-corrected chi connectivity index (χ0v) is 16.4. The lowest BCUT2D eigenvalue weighted by molar-refractivity contribution is 0.0952. The van der Waals surface area contributed by atoms with Crippen LogP contribution < -0.4 is 15.5 Å². The Balaban J connectivity index is 1.60. The van der Waals surface area contributed by atoms with E-state index in [1.165, 1.54) is 0 Å². The number of hydrogen-bond acceptors (Lipinski definition) is 4. The van der Waals surface area contributed by atoms with E-state index in [1.807, 2.05) is 12.1 Å². The molecular weight excluding hydrogens is 360 g/mol. The minimum Gasteiger partial charge on any atom is -0.352 e. The first-order chi connectivity index (χ1) is 13.0. The molecule has 2 heterocycles. The van der Waals surface area contributed by atoms with Crippen molar-refractivity contribution in [1.82, 2.24) is 10.3 Å². The molecule has 0 radical (unpaired) electrons. The summed E-state index contributed by atoms with van der Waals surface area (Å²) in [6.07, 6.45) is 2.68. The highest BCUT2D eigenvalue weighted by Crippen LogP contribution is 2.32. The minimum absolute atomic E-state index is 0.0958. The average Bonchev–Trinajstić information content (AvgIpc) is 2.67. The van der Waals surface area contributed by atoms with Crippen LogP contribution in [0.5, 0.6) is 0 Å². The maximum absolute atomic E-state index is 12.7. The average molecular weight is 385 g/mol.